The fraction of sp³-hybridized carbons (Fsp3) is 0.200. The van der Waals surface area contributed by atoms with Crippen LogP contribution in [0.5, 0.6) is 5.75 Å². The first-order valence-electron chi connectivity index (χ1n) is 6.62. The summed E-state index contributed by atoms with van der Waals surface area (Å²) in [6.07, 6.45) is 5.37. The van der Waals surface area contributed by atoms with Gasteiger partial charge in [-0.3, -0.25) is 10.4 Å². The number of nitrogens with zero attached hydrogens (tertiary/aromatic N) is 1. The lowest BCUT2D eigenvalue weighted by atomic mass is 10.2. The molecule has 1 aromatic heterocycles. The van der Waals surface area contributed by atoms with E-state index in [1.54, 1.807) is 24.2 Å². The monoisotopic (exact) mass is 318 g/mol. The predicted octanol–water partition coefficient (Wildman–Crippen LogP) is 2.69. The van der Waals surface area contributed by atoms with E-state index in [1.807, 2.05) is 37.4 Å². The van der Waals surface area contributed by atoms with Gasteiger partial charge in [-0.1, -0.05) is 6.07 Å². The highest BCUT2D eigenvalue weighted by atomic mass is 32.2. The number of aromatic nitrogens is 1. The van der Waals surface area contributed by atoms with Crippen LogP contribution in [0.25, 0.3) is 0 Å². The van der Waals surface area contributed by atoms with Gasteiger partial charge in [0.25, 0.3) is 0 Å². The molecule has 4 N–H and O–H groups in total. The average molecular weight is 318 g/mol. The summed E-state index contributed by atoms with van der Waals surface area (Å²) < 4.78 is 5.84. The van der Waals surface area contributed by atoms with Crippen molar-refractivity contribution in [1.82, 2.24) is 10.4 Å². The number of hydrazine groups is 1. The molecule has 0 saturated carbocycles. The maximum absolute atomic E-state index is 11.5. The van der Waals surface area contributed by atoms with Crippen molar-refractivity contribution in [3.63, 3.8) is 0 Å². The summed E-state index contributed by atoms with van der Waals surface area (Å²) in [5.41, 5.74) is 4.61. The molecule has 0 aliphatic carbocycles. The summed E-state index contributed by atoms with van der Waals surface area (Å²) in [6.45, 7) is 2.28. The number of carbonyl (C=O) groups is 1. The van der Waals surface area contributed by atoms with Gasteiger partial charge in [0, 0.05) is 16.7 Å². The van der Waals surface area contributed by atoms with Gasteiger partial charge in [-0.05, 0) is 36.9 Å². The third-order valence-electron chi connectivity index (χ3n) is 3.10. The molecule has 0 radical (unpaired) electrons. The van der Waals surface area contributed by atoms with Crippen LogP contribution >= 0.6 is 11.8 Å². The Kier molecular flexibility index (Phi) is 5.62. The Morgan fingerprint density at radius 2 is 2.23 bits per heavy atom. The largest absolute Gasteiger partial charge is 0.487 e. The number of carbonyl (C=O) groups excluding carboxylic acids is 1. The fourth-order valence-electron chi connectivity index (χ4n) is 1.93. The Bertz CT molecular complexity index is 664. The van der Waals surface area contributed by atoms with Gasteiger partial charge in [-0.25, -0.2) is 10.6 Å². The third-order valence-corrected chi connectivity index (χ3v) is 3.92. The second-order valence-corrected chi connectivity index (χ2v) is 5.36. The first kappa shape index (κ1) is 16.1. The smallest absolute Gasteiger partial charge is 0.333 e. The maximum Gasteiger partial charge on any atom is 0.333 e. The molecule has 0 unspecified atom stereocenters. The quantitative estimate of drug-likeness (QED) is 0.341. The molecule has 7 heteroatoms. The van der Waals surface area contributed by atoms with Gasteiger partial charge in [0.15, 0.2) is 0 Å². The molecule has 0 aliphatic rings. The lowest BCUT2D eigenvalue weighted by molar-refractivity contribution is 0.252. The second-order valence-electron chi connectivity index (χ2n) is 4.51. The molecule has 0 bridgehead atoms. The van der Waals surface area contributed by atoms with Gasteiger partial charge in [0.1, 0.15) is 12.4 Å². The Morgan fingerprint density at radius 3 is 2.91 bits per heavy atom. The van der Waals surface area contributed by atoms with E-state index in [0.717, 1.165) is 16.0 Å². The zero-order chi connectivity index (χ0) is 15.9. The molecule has 0 aliphatic heterocycles. The highest BCUT2D eigenvalue weighted by Gasteiger charge is 2.11. The molecule has 1 aromatic carbocycles. The van der Waals surface area contributed by atoms with Gasteiger partial charge >= 0.3 is 6.03 Å². The van der Waals surface area contributed by atoms with E-state index in [2.05, 4.69) is 15.7 Å². The minimum absolute atomic E-state index is 0.323. The summed E-state index contributed by atoms with van der Waals surface area (Å²) in [7, 11) is 0. The van der Waals surface area contributed by atoms with Crippen molar-refractivity contribution in [2.45, 2.75) is 18.4 Å². The van der Waals surface area contributed by atoms with Crippen molar-refractivity contribution in [3.8, 4) is 5.75 Å². The number of hydrogen-bond acceptors (Lipinski definition) is 5. The lowest BCUT2D eigenvalue weighted by Crippen LogP contribution is -2.34. The number of hydrogen-bond donors (Lipinski definition) is 3. The SMILES string of the molecule is CSc1cccc(NC(=O)NN)c1COc1cnccc1C. The standard InChI is InChI=1S/C15H18N4O2S/c1-10-6-7-17-8-13(10)21-9-11-12(18-15(20)19-16)4-3-5-14(11)22-2/h3-8H,9,16H2,1-2H3,(H2,18,19,20). The van der Waals surface area contributed by atoms with E-state index in [9.17, 15) is 4.79 Å². The molecular formula is C15H18N4O2S. The Hall–Kier alpha value is -2.25. The van der Waals surface area contributed by atoms with E-state index in [-0.39, 0.29) is 0 Å². The van der Waals surface area contributed by atoms with Crippen molar-refractivity contribution in [3.05, 3.63) is 47.8 Å². The van der Waals surface area contributed by atoms with Crippen LogP contribution in [0.1, 0.15) is 11.1 Å². The van der Waals surface area contributed by atoms with Gasteiger partial charge in [0.2, 0.25) is 0 Å². The molecule has 2 rings (SSSR count). The van der Waals surface area contributed by atoms with E-state index in [1.165, 1.54) is 0 Å². The molecule has 0 saturated heterocycles. The zero-order valence-electron chi connectivity index (χ0n) is 12.4. The van der Waals surface area contributed by atoms with Gasteiger partial charge in [-0.15, -0.1) is 11.8 Å². The first-order valence-corrected chi connectivity index (χ1v) is 7.85. The van der Waals surface area contributed by atoms with Crippen molar-refractivity contribution < 1.29 is 9.53 Å². The number of aryl methyl sites for hydroxylation is 1. The molecule has 0 spiro atoms. The molecule has 1 heterocycles. The van der Waals surface area contributed by atoms with Crippen LogP contribution in [-0.2, 0) is 6.61 Å². The van der Waals surface area contributed by atoms with Crippen LogP contribution in [0.3, 0.4) is 0 Å². The summed E-state index contributed by atoms with van der Waals surface area (Å²) in [5, 5.41) is 2.70. The highest BCUT2D eigenvalue weighted by molar-refractivity contribution is 7.98. The Balaban J connectivity index is 2.24. The number of ether oxygens (including phenoxy) is 1. The summed E-state index contributed by atoms with van der Waals surface area (Å²) >= 11 is 1.59. The number of anilines is 1. The van der Waals surface area contributed by atoms with Crippen LogP contribution in [-0.4, -0.2) is 17.3 Å². The van der Waals surface area contributed by atoms with E-state index < -0.39 is 6.03 Å². The second kappa shape index (κ2) is 7.67. The number of rotatable bonds is 5. The fourth-order valence-corrected chi connectivity index (χ4v) is 2.56. The van der Waals surface area contributed by atoms with Crippen molar-refractivity contribution >= 4 is 23.5 Å². The minimum Gasteiger partial charge on any atom is -0.487 e. The minimum atomic E-state index is -0.475. The zero-order valence-corrected chi connectivity index (χ0v) is 13.2. The van der Waals surface area contributed by atoms with E-state index in [0.29, 0.717) is 18.0 Å². The highest BCUT2D eigenvalue weighted by Crippen LogP contribution is 2.29. The molecule has 116 valence electrons. The summed E-state index contributed by atoms with van der Waals surface area (Å²) in [6, 6.07) is 7.07. The van der Waals surface area contributed by atoms with Gasteiger partial charge in [0.05, 0.1) is 11.9 Å². The van der Waals surface area contributed by atoms with Gasteiger partial charge < -0.3 is 10.1 Å². The normalized spacial score (nSPS) is 10.1. The van der Waals surface area contributed by atoms with Crippen LogP contribution in [0, 0.1) is 6.92 Å². The number of thioether (sulfide) groups is 1. The molecular weight excluding hydrogens is 300 g/mol. The molecule has 6 nitrogen and oxygen atoms in total. The van der Waals surface area contributed by atoms with E-state index in [4.69, 9.17) is 10.6 Å². The molecule has 2 aromatic rings. The first-order chi connectivity index (χ1) is 10.7. The maximum atomic E-state index is 11.5. The lowest BCUT2D eigenvalue weighted by Gasteiger charge is -2.15. The van der Waals surface area contributed by atoms with Gasteiger partial charge in [-0.2, -0.15) is 0 Å². The van der Waals surface area contributed by atoms with Crippen LogP contribution in [0.15, 0.2) is 41.6 Å². The molecule has 0 atom stereocenters. The summed E-state index contributed by atoms with van der Waals surface area (Å²) in [4.78, 5) is 16.5. The topological polar surface area (TPSA) is 89.3 Å². The number of amides is 2. The number of nitrogens with one attached hydrogen (secondary N) is 2. The van der Waals surface area contributed by atoms with Crippen molar-refractivity contribution in [1.29, 1.82) is 0 Å². The molecule has 0 fully saturated rings. The Morgan fingerprint density at radius 1 is 1.41 bits per heavy atom. The third kappa shape index (κ3) is 3.90. The number of urea groups is 1. The predicted molar refractivity (Wildman–Crippen MR) is 87.9 cm³/mol. The van der Waals surface area contributed by atoms with Crippen LogP contribution in [0.4, 0.5) is 10.5 Å². The van der Waals surface area contributed by atoms with Crippen molar-refractivity contribution in [2.24, 2.45) is 5.84 Å². The average Bonchev–Trinajstić information content (AvgIpc) is 2.54. The van der Waals surface area contributed by atoms with E-state index >= 15 is 0 Å². The number of benzene rings is 1. The number of nitrogens with two attached hydrogens (primary N) is 1. The van der Waals surface area contributed by atoms with Crippen LogP contribution < -0.4 is 21.3 Å². The molecule has 2 amide bonds. The Labute approximate surface area is 133 Å². The van der Waals surface area contributed by atoms with Crippen molar-refractivity contribution in [2.75, 3.05) is 11.6 Å². The summed E-state index contributed by atoms with van der Waals surface area (Å²) in [5.74, 6) is 5.83. The van der Waals surface area contributed by atoms with Crippen LogP contribution in [0.2, 0.25) is 0 Å². The number of pyridine rings is 1. The molecule has 22 heavy (non-hydrogen) atoms.